The smallest absolute Gasteiger partial charge is 0.219 e. The van der Waals surface area contributed by atoms with Crippen molar-refractivity contribution in [1.82, 2.24) is 9.97 Å². The maximum Gasteiger partial charge on any atom is 0.219 e. The highest BCUT2D eigenvalue weighted by Gasteiger charge is 2.08. The molecule has 4 nitrogen and oxygen atoms in total. The number of pyridine rings is 2. The summed E-state index contributed by atoms with van der Waals surface area (Å²) in [6.45, 7) is 5.96. The Hall–Kier alpha value is -1.94. The Kier molecular flexibility index (Phi) is 4.12. The SMILES string of the molecule is CCc1nc(C)ccc1Oc1cc([C@H](C)N)ccn1. The number of hydrogen-bond acceptors (Lipinski definition) is 4. The molecule has 0 radical (unpaired) electrons. The zero-order chi connectivity index (χ0) is 13.8. The molecule has 19 heavy (non-hydrogen) atoms. The molecule has 0 fully saturated rings. The van der Waals surface area contributed by atoms with Gasteiger partial charge in [0.05, 0.1) is 5.69 Å². The number of aryl methyl sites for hydroxylation is 2. The van der Waals surface area contributed by atoms with Gasteiger partial charge < -0.3 is 10.5 Å². The number of aromatic nitrogens is 2. The predicted molar refractivity (Wildman–Crippen MR) is 75.3 cm³/mol. The molecule has 0 spiro atoms. The first-order valence-electron chi connectivity index (χ1n) is 6.46. The first-order valence-corrected chi connectivity index (χ1v) is 6.46. The molecule has 0 saturated heterocycles. The van der Waals surface area contributed by atoms with Crippen LogP contribution in [0.5, 0.6) is 11.6 Å². The molecule has 2 heterocycles. The molecular formula is C15H19N3O. The van der Waals surface area contributed by atoms with Gasteiger partial charge in [0, 0.05) is 24.0 Å². The van der Waals surface area contributed by atoms with E-state index >= 15 is 0 Å². The maximum atomic E-state index is 5.86. The van der Waals surface area contributed by atoms with Crippen LogP contribution in [0.3, 0.4) is 0 Å². The highest BCUT2D eigenvalue weighted by atomic mass is 16.5. The number of nitrogens with zero attached hydrogens (tertiary/aromatic N) is 2. The Balaban J connectivity index is 2.28. The van der Waals surface area contributed by atoms with Gasteiger partial charge in [-0.15, -0.1) is 0 Å². The predicted octanol–water partition coefficient (Wildman–Crippen LogP) is 3.16. The molecule has 0 aliphatic rings. The molecule has 0 amide bonds. The molecule has 0 bridgehead atoms. The first kappa shape index (κ1) is 13.5. The van der Waals surface area contributed by atoms with Crippen molar-refractivity contribution in [3.63, 3.8) is 0 Å². The molecule has 0 aliphatic carbocycles. The molecule has 0 aliphatic heterocycles. The Bertz CT molecular complexity index is 567. The number of ether oxygens (including phenoxy) is 1. The summed E-state index contributed by atoms with van der Waals surface area (Å²) in [4.78, 5) is 8.68. The van der Waals surface area contributed by atoms with E-state index in [-0.39, 0.29) is 6.04 Å². The van der Waals surface area contributed by atoms with Gasteiger partial charge in [-0.05, 0) is 44.0 Å². The maximum absolute atomic E-state index is 5.86. The van der Waals surface area contributed by atoms with E-state index in [0.29, 0.717) is 5.88 Å². The lowest BCUT2D eigenvalue weighted by atomic mass is 10.1. The third-order valence-corrected chi connectivity index (χ3v) is 2.91. The quantitative estimate of drug-likeness (QED) is 0.914. The van der Waals surface area contributed by atoms with Crippen LogP contribution in [0, 0.1) is 6.92 Å². The number of hydrogen-bond donors (Lipinski definition) is 1. The minimum Gasteiger partial charge on any atom is -0.437 e. The first-order chi connectivity index (χ1) is 9.10. The summed E-state index contributed by atoms with van der Waals surface area (Å²) >= 11 is 0. The average Bonchev–Trinajstić information content (AvgIpc) is 2.41. The van der Waals surface area contributed by atoms with Gasteiger partial charge in [-0.1, -0.05) is 6.92 Å². The van der Waals surface area contributed by atoms with Crippen molar-refractivity contribution >= 4 is 0 Å². The molecule has 1 atom stereocenters. The third-order valence-electron chi connectivity index (χ3n) is 2.91. The van der Waals surface area contributed by atoms with Gasteiger partial charge >= 0.3 is 0 Å². The van der Waals surface area contributed by atoms with Crippen LogP contribution < -0.4 is 10.5 Å². The molecule has 100 valence electrons. The van der Waals surface area contributed by atoms with E-state index in [2.05, 4.69) is 16.9 Å². The lowest BCUT2D eigenvalue weighted by Crippen LogP contribution is -2.05. The van der Waals surface area contributed by atoms with Gasteiger partial charge in [0.2, 0.25) is 5.88 Å². The van der Waals surface area contributed by atoms with Crippen LogP contribution >= 0.6 is 0 Å². The van der Waals surface area contributed by atoms with Crippen molar-refractivity contribution in [3.05, 3.63) is 47.4 Å². The summed E-state index contributed by atoms with van der Waals surface area (Å²) in [6, 6.07) is 7.59. The Labute approximate surface area is 113 Å². The molecule has 2 rings (SSSR count). The fraction of sp³-hybridized carbons (Fsp3) is 0.333. The second kappa shape index (κ2) is 5.80. The Morgan fingerprint density at radius 2 is 2.11 bits per heavy atom. The summed E-state index contributed by atoms with van der Waals surface area (Å²) in [5.41, 5.74) is 8.78. The van der Waals surface area contributed by atoms with Crippen molar-refractivity contribution in [2.75, 3.05) is 0 Å². The minimum atomic E-state index is -0.0351. The number of nitrogens with two attached hydrogens (primary N) is 1. The van der Waals surface area contributed by atoms with Crippen LogP contribution in [0.4, 0.5) is 0 Å². The summed E-state index contributed by atoms with van der Waals surface area (Å²) in [5.74, 6) is 1.30. The summed E-state index contributed by atoms with van der Waals surface area (Å²) < 4.78 is 5.82. The molecule has 0 saturated carbocycles. The molecular weight excluding hydrogens is 238 g/mol. The van der Waals surface area contributed by atoms with E-state index < -0.39 is 0 Å². The zero-order valence-corrected chi connectivity index (χ0v) is 11.6. The summed E-state index contributed by atoms with van der Waals surface area (Å²) in [5, 5.41) is 0. The number of rotatable bonds is 4. The highest BCUT2D eigenvalue weighted by molar-refractivity contribution is 5.34. The monoisotopic (exact) mass is 257 g/mol. The zero-order valence-electron chi connectivity index (χ0n) is 11.6. The van der Waals surface area contributed by atoms with Crippen LogP contribution in [0.2, 0.25) is 0 Å². The standard InChI is InChI=1S/C15H19N3O/c1-4-13-14(6-5-10(2)18-13)19-15-9-12(11(3)16)7-8-17-15/h5-9,11H,4,16H2,1-3H3/t11-/m0/s1. The second-order valence-electron chi connectivity index (χ2n) is 4.57. The van der Waals surface area contributed by atoms with Crippen molar-refractivity contribution in [3.8, 4) is 11.6 Å². The van der Waals surface area contributed by atoms with E-state index in [4.69, 9.17) is 10.5 Å². The molecule has 2 aromatic heterocycles. The lowest BCUT2D eigenvalue weighted by molar-refractivity contribution is 0.452. The van der Waals surface area contributed by atoms with Crippen LogP contribution in [-0.4, -0.2) is 9.97 Å². The summed E-state index contributed by atoms with van der Waals surface area (Å²) in [7, 11) is 0. The van der Waals surface area contributed by atoms with Gasteiger partial charge in [0.25, 0.3) is 0 Å². The molecule has 4 heteroatoms. The van der Waals surface area contributed by atoms with E-state index in [1.165, 1.54) is 0 Å². The molecule has 0 unspecified atom stereocenters. The van der Waals surface area contributed by atoms with Gasteiger partial charge in [0.1, 0.15) is 0 Å². The normalized spacial score (nSPS) is 12.2. The van der Waals surface area contributed by atoms with Gasteiger partial charge in [-0.2, -0.15) is 0 Å². The van der Waals surface area contributed by atoms with Crippen molar-refractivity contribution in [2.45, 2.75) is 33.2 Å². The van der Waals surface area contributed by atoms with Crippen molar-refractivity contribution in [1.29, 1.82) is 0 Å². The molecule has 2 N–H and O–H groups in total. The molecule has 0 aromatic carbocycles. The van der Waals surface area contributed by atoms with Gasteiger partial charge in [0.15, 0.2) is 5.75 Å². The third kappa shape index (κ3) is 3.29. The minimum absolute atomic E-state index is 0.0351. The van der Waals surface area contributed by atoms with E-state index in [1.54, 1.807) is 6.20 Å². The Morgan fingerprint density at radius 1 is 1.32 bits per heavy atom. The van der Waals surface area contributed by atoms with Crippen LogP contribution in [0.15, 0.2) is 30.5 Å². The van der Waals surface area contributed by atoms with Crippen LogP contribution in [0.1, 0.15) is 36.8 Å². The van der Waals surface area contributed by atoms with Crippen LogP contribution in [0.25, 0.3) is 0 Å². The second-order valence-corrected chi connectivity index (χ2v) is 4.57. The van der Waals surface area contributed by atoms with Gasteiger partial charge in [-0.3, -0.25) is 4.98 Å². The Morgan fingerprint density at radius 3 is 2.79 bits per heavy atom. The topological polar surface area (TPSA) is 61.0 Å². The molecule has 2 aromatic rings. The van der Waals surface area contributed by atoms with Crippen molar-refractivity contribution in [2.24, 2.45) is 5.73 Å². The lowest BCUT2D eigenvalue weighted by Gasteiger charge is -2.11. The fourth-order valence-corrected chi connectivity index (χ4v) is 1.82. The van der Waals surface area contributed by atoms with E-state index in [0.717, 1.165) is 29.1 Å². The van der Waals surface area contributed by atoms with E-state index in [1.807, 2.05) is 38.1 Å². The van der Waals surface area contributed by atoms with Crippen molar-refractivity contribution < 1.29 is 4.74 Å². The summed E-state index contributed by atoms with van der Waals surface area (Å²) in [6.07, 6.45) is 2.53. The van der Waals surface area contributed by atoms with Gasteiger partial charge in [-0.25, -0.2) is 4.98 Å². The fourth-order valence-electron chi connectivity index (χ4n) is 1.82. The highest BCUT2D eigenvalue weighted by Crippen LogP contribution is 2.25. The largest absolute Gasteiger partial charge is 0.437 e. The van der Waals surface area contributed by atoms with Crippen LogP contribution in [-0.2, 0) is 6.42 Å². The van der Waals surface area contributed by atoms with E-state index in [9.17, 15) is 0 Å². The average molecular weight is 257 g/mol.